The summed E-state index contributed by atoms with van der Waals surface area (Å²) in [6.45, 7) is 1.56. The molecule has 0 unspecified atom stereocenters. The predicted molar refractivity (Wildman–Crippen MR) is 112 cm³/mol. The van der Waals surface area contributed by atoms with Gasteiger partial charge in [0.15, 0.2) is 9.84 Å². The Labute approximate surface area is 172 Å². The maximum absolute atomic E-state index is 12.8. The van der Waals surface area contributed by atoms with Crippen LogP contribution in [0.2, 0.25) is 0 Å². The molecule has 2 aliphatic rings. The first-order chi connectivity index (χ1) is 13.2. The number of carbonyl (C=O) groups excluding carboxylic acids is 2. The molecule has 7 nitrogen and oxygen atoms in total. The molecule has 28 heavy (non-hydrogen) atoms. The molecule has 2 atom stereocenters. The highest BCUT2D eigenvalue weighted by Crippen LogP contribution is 2.34. The van der Waals surface area contributed by atoms with E-state index in [-0.39, 0.29) is 16.0 Å². The minimum absolute atomic E-state index is 0.179. The molecule has 3 rings (SSSR count). The van der Waals surface area contributed by atoms with Crippen molar-refractivity contribution >= 4 is 56.0 Å². The number of sulfone groups is 1. The molecule has 1 N–H and O–H groups in total. The third-order valence-corrected chi connectivity index (χ3v) is 6.99. The van der Waals surface area contributed by atoms with E-state index in [4.69, 9.17) is 17.0 Å². The topological polar surface area (TPSA) is 92.8 Å². The molecule has 2 aliphatic heterocycles. The van der Waals surface area contributed by atoms with Gasteiger partial charge in [-0.3, -0.25) is 14.5 Å². The van der Waals surface area contributed by atoms with Gasteiger partial charge in [-0.1, -0.05) is 36.1 Å². The van der Waals surface area contributed by atoms with Crippen LogP contribution in [0, 0.1) is 0 Å². The zero-order valence-corrected chi connectivity index (χ0v) is 17.6. The first-order valence-electron chi connectivity index (χ1n) is 8.32. The van der Waals surface area contributed by atoms with Gasteiger partial charge in [0.2, 0.25) is 5.91 Å². The minimum atomic E-state index is -3.28. The zero-order valence-electron chi connectivity index (χ0n) is 15.1. The number of nitrogens with one attached hydrogen (secondary N) is 1. The van der Waals surface area contributed by atoms with Crippen LogP contribution in [0.25, 0.3) is 6.08 Å². The highest BCUT2D eigenvalue weighted by Gasteiger charge is 2.39. The second-order valence-corrected chi connectivity index (χ2v) is 9.88. The van der Waals surface area contributed by atoms with Crippen LogP contribution >= 0.6 is 24.0 Å². The lowest BCUT2D eigenvalue weighted by Crippen LogP contribution is -2.49. The van der Waals surface area contributed by atoms with Crippen LogP contribution in [0.5, 0.6) is 5.75 Å². The lowest BCUT2D eigenvalue weighted by molar-refractivity contribution is -0.132. The molecule has 10 heteroatoms. The number of thiocarbonyl (C=S) groups is 1. The molecule has 0 spiro atoms. The molecular weight excluding hydrogens is 420 g/mol. The molecule has 0 aliphatic carbocycles. The van der Waals surface area contributed by atoms with E-state index >= 15 is 0 Å². The number of carbonyl (C=O) groups is 2. The second-order valence-electron chi connectivity index (χ2n) is 6.27. The summed E-state index contributed by atoms with van der Waals surface area (Å²) in [6.07, 6.45) is 3.13. The second kappa shape index (κ2) is 8.06. The zero-order chi connectivity index (χ0) is 20.5. The Hall–Kier alpha value is -2.17. The number of thioether (sulfide) groups is 1. The fraction of sp³-hybridized carbons (Fsp3) is 0.278. The van der Waals surface area contributed by atoms with Crippen molar-refractivity contribution in [1.29, 1.82) is 0 Å². The molecule has 0 saturated carbocycles. The number of nitrogens with zero attached hydrogens (tertiary/aromatic N) is 1. The molecule has 148 valence electrons. The van der Waals surface area contributed by atoms with Crippen LogP contribution in [-0.2, 0) is 19.4 Å². The normalized spacial score (nSPS) is 23.3. The quantitative estimate of drug-likeness (QED) is 0.553. The Bertz CT molecular complexity index is 983. The Kier molecular flexibility index (Phi) is 5.92. The highest BCUT2D eigenvalue weighted by molar-refractivity contribution is 8.26. The summed E-state index contributed by atoms with van der Waals surface area (Å²) in [5, 5.41) is 3.71. The van der Waals surface area contributed by atoms with Crippen molar-refractivity contribution in [2.45, 2.75) is 19.0 Å². The number of rotatable bonds is 5. The van der Waals surface area contributed by atoms with Gasteiger partial charge in [-0.05, 0) is 36.8 Å². The van der Waals surface area contributed by atoms with Crippen molar-refractivity contribution in [3.05, 3.63) is 46.2 Å². The van der Waals surface area contributed by atoms with Crippen molar-refractivity contribution in [2.75, 3.05) is 12.9 Å². The largest absolute Gasteiger partial charge is 0.497 e. The predicted octanol–water partition coefficient (Wildman–Crippen LogP) is 1.71. The van der Waals surface area contributed by atoms with Crippen LogP contribution in [-0.4, -0.2) is 54.4 Å². The summed E-state index contributed by atoms with van der Waals surface area (Å²) in [5.41, 5.74) is 0.805. The van der Waals surface area contributed by atoms with Gasteiger partial charge >= 0.3 is 0 Å². The number of hydrogen-bond donors (Lipinski definition) is 1. The molecule has 0 radical (unpaired) electrons. The first kappa shape index (κ1) is 20.6. The summed E-state index contributed by atoms with van der Waals surface area (Å²) in [5.74, 6) is -0.295. The van der Waals surface area contributed by atoms with E-state index in [9.17, 15) is 18.0 Å². The third-order valence-electron chi connectivity index (χ3n) is 4.26. The molecule has 0 bridgehead atoms. The van der Waals surface area contributed by atoms with Gasteiger partial charge in [0.25, 0.3) is 5.91 Å². The number of amides is 2. The summed E-state index contributed by atoms with van der Waals surface area (Å²) in [4.78, 5) is 26.9. The van der Waals surface area contributed by atoms with Crippen molar-refractivity contribution in [3.63, 3.8) is 0 Å². The Morgan fingerprint density at radius 1 is 1.39 bits per heavy atom. The van der Waals surface area contributed by atoms with Gasteiger partial charge in [-0.2, -0.15) is 0 Å². The molecule has 0 aromatic heterocycles. The first-order valence-corrected chi connectivity index (χ1v) is 11.3. The lowest BCUT2D eigenvalue weighted by Gasteiger charge is -2.23. The van der Waals surface area contributed by atoms with E-state index < -0.39 is 27.8 Å². The Morgan fingerprint density at radius 2 is 2.07 bits per heavy atom. The Morgan fingerprint density at radius 3 is 2.64 bits per heavy atom. The Balaban J connectivity index is 1.70. The van der Waals surface area contributed by atoms with Gasteiger partial charge in [0, 0.05) is 5.41 Å². The van der Waals surface area contributed by atoms with E-state index in [1.165, 1.54) is 11.0 Å². The van der Waals surface area contributed by atoms with Crippen molar-refractivity contribution < 1.29 is 22.7 Å². The van der Waals surface area contributed by atoms with E-state index in [0.29, 0.717) is 10.7 Å². The highest BCUT2D eigenvalue weighted by atomic mass is 32.2. The van der Waals surface area contributed by atoms with Crippen LogP contribution in [0.3, 0.4) is 0 Å². The van der Waals surface area contributed by atoms with Crippen LogP contribution < -0.4 is 10.1 Å². The molecule has 1 saturated heterocycles. The van der Waals surface area contributed by atoms with Crippen LogP contribution in [0.1, 0.15) is 12.5 Å². The van der Waals surface area contributed by atoms with Gasteiger partial charge in [0.1, 0.15) is 16.1 Å². The maximum Gasteiger partial charge on any atom is 0.266 e. The minimum Gasteiger partial charge on any atom is -0.497 e. The van der Waals surface area contributed by atoms with E-state index in [1.54, 1.807) is 32.2 Å². The van der Waals surface area contributed by atoms with Crippen LogP contribution in [0.15, 0.2) is 40.7 Å². The third kappa shape index (κ3) is 4.45. The monoisotopic (exact) mass is 438 g/mol. The number of hydrogen-bond acceptors (Lipinski definition) is 7. The summed E-state index contributed by atoms with van der Waals surface area (Å²) >= 11 is 6.40. The average molecular weight is 439 g/mol. The van der Waals surface area contributed by atoms with Gasteiger partial charge in [-0.25, -0.2) is 8.42 Å². The molecule has 1 aromatic carbocycles. The van der Waals surface area contributed by atoms with E-state index in [2.05, 4.69) is 5.32 Å². The fourth-order valence-corrected chi connectivity index (χ4v) is 5.41. The molecule has 1 fully saturated rings. The smallest absolute Gasteiger partial charge is 0.266 e. The number of methoxy groups -OCH3 is 1. The summed E-state index contributed by atoms with van der Waals surface area (Å²) in [7, 11) is -1.71. The molecule has 2 heterocycles. The standard InChI is InChI=1S/C18H18N2O5S3/c1-11(16(21)19-13-7-8-28(23,24)10-13)20-17(22)15(27-18(20)26)9-12-3-5-14(25-2)6-4-12/h3-9,11,13H,10H2,1-2H3,(H,19,21)/b15-9+/t11-,13+/m1/s1. The lowest BCUT2D eigenvalue weighted by atomic mass is 10.2. The number of ether oxygens (including phenoxy) is 1. The average Bonchev–Trinajstić information content (AvgIpc) is 3.13. The SMILES string of the molecule is COc1ccc(/C=C2/SC(=S)N([C@H](C)C(=O)N[C@H]3C=CS(=O)(=O)C3)C2=O)cc1. The molecule has 1 aromatic rings. The van der Waals surface area contributed by atoms with Crippen molar-refractivity contribution in [2.24, 2.45) is 0 Å². The van der Waals surface area contributed by atoms with Gasteiger partial charge < -0.3 is 10.1 Å². The molecule has 2 amide bonds. The molecular formula is C18H18N2O5S3. The summed E-state index contributed by atoms with van der Waals surface area (Å²) in [6, 6.07) is 5.74. The van der Waals surface area contributed by atoms with Crippen molar-refractivity contribution in [1.82, 2.24) is 10.2 Å². The van der Waals surface area contributed by atoms with Gasteiger partial charge in [-0.15, -0.1) is 0 Å². The van der Waals surface area contributed by atoms with E-state index in [1.807, 2.05) is 12.1 Å². The van der Waals surface area contributed by atoms with Crippen molar-refractivity contribution in [3.8, 4) is 5.75 Å². The maximum atomic E-state index is 12.8. The van der Waals surface area contributed by atoms with Crippen LogP contribution in [0.4, 0.5) is 0 Å². The summed E-state index contributed by atoms with van der Waals surface area (Å²) < 4.78 is 28.3. The number of benzene rings is 1. The van der Waals surface area contributed by atoms with Gasteiger partial charge in [0.05, 0.1) is 23.8 Å². The van der Waals surface area contributed by atoms with E-state index in [0.717, 1.165) is 22.7 Å². The fourth-order valence-electron chi connectivity index (χ4n) is 2.75.